The fourth-order valence-corrected chi connectivity index (χ4v) is 1.50. The molecule has 0 aliphatic rings. The Labute approximate surface area is 91.7 Å². The normalized spacial score (nSPS) is 10.6. The fraction of sp³-hybridized carbons (Fsp3) is 0.182. The number of nitrogen functional groups attached to an aromatic ring is 1. The lowest BCUT2D eigenvalue weighted by atomic mass is 10.2. The van der Waals surface area contributed by atoms with Gasteiger partial charge in [-0.3, -0.25) is 4.57 Å². The van der Waals surface area contributed by atoms with E-state index in [0.717, 1.165) is 0 Å². The number of hydrogen-bond donors (Lipinski definition) is 1. The third-order valence-electron chi connectivity index (χ3n) is 2.44. The summed E-state index contributed by atoms with van der Waals surface area (Å²) in [6.07, 6.45) is 3.33. The first kappa shape index (κ1) is 10.5. The number of anilines is 1. The zero-order valence-electron chi connectivity index (χ0n) is 8.85. The second-order valence-electron chi connectivity index (χ2n) is 3.68. The van der Waals surface area contributed by atoms with Gasteiger partial charge >= 0.3 is 5.69 Å². The minimum Gasteiger partial charge on any atom is -0.396 e. The Morgan fingerprint density at radius 2 is 2.12 bits per heavy atom. The molecule has 5 heteroatoms. The molecule has 1 aromatic carbocycles. The molecule has 16 heavy (non-hydrogen) atoms. The Balaban J connectivity index is 2.31. The number of nitrogens with zero attached hydrogens (tertiary/aromatic N) is 2. The van der Waals surface area contributed by atoms with Gasteiger partial charge in [-0.25, -0.2) is 9.18 Å². The molecule has 0 aliphatic carbocycles. The second-order valence-corrected chi connectivity index (χ2v) is 3.68. The van der Waals surface area contributed by atoms with Crippen molar-refractivity contribution in [3.8, 4) is 0 Å². The van der Waals surface area contributed by atoms with Crippen molar-refractivity contribution in [2.75, 3.05) is 5.73 Å². The number of nitrogens with two attached hydrogens (primary N) is 1. The molecule has 0 atom stereocenters. The van der Waals surface area contributed by atoms with Crippen molar-refractivity contribution in [3.63, 3.8) is 0 Å². The van der Waals surface area contributed by atoms with Crippen LogP contribution in [0.25, 0.3) is 0 Å². The quantitative estimate of drug-likeness (QED) is 0.768. The maximum Gasteiger partial charge on any atom is 0.328 e. The first-order valence-electron chi connectivity index (χ1n) is 4.83. The molecule has 2 rings (SSSR count). The van der Waals surface area contributed by atoms with Crippen LogP contribution in [-0.2, 0) is 13.6 Å². The van der Waals surface area contributed by atoms with Crippen LogP contribution in [0, 0.1) is 5.82 Å². The van der Waals surface area contributed by atoms with E-state index in [4.69, 9.17) is 5.73 Å². The largest absolute Gasteiger partial charge is 0.396 e. The summed E-state index contributed by atoms with van der Waals surface area (Å²) in [6, 6.07) is 4.55. The average molecular weight is 221 g/mol. The van der Waals surface area contributed by atoms with Gasteiger partial charge in [0.25, 0.3) is 0 Å². The molecule has 1 aromatic heterocycles. The molecular formula is C11H12FN3O. The maximum atomic E-state index is 13.2. The Morgan fingerprint density at radius 3 is 2.69 bits per heavy atom. The van der Waals surface area contributed by atoms with E-state index >= 15 is 0 Å². The third kappa shape index (κ3) is 1.84. The van der Waals surface area contributed by atoms with Crippen LogP contribution in [0.15, 0.2) is 35.4 Å². The summed E-state index contributed by atoms with van der Waals surface area (Å²) in [5.41, 5.74) is 6.06. The Hall–Kier alpha value is -2.04. The van der Waals surface area contributed by atoms with Crippen molar-refractivity contribution in [2.45, 2.75) is 6.54 Å². The maximum absolute atomic E-state index is 13.2. The number of rotatable bonds is 2. The molecule has 0 fully saturated rings. The van der Waals surface area contributed by atoms with Gasteiger partial charge in [0.05, 0.1) is 12.2 Å². The van der Waals surface area contributed by atoms with Crippen LogP contribution in [-0.4, -0.2) is 9.13 Å². The predicted octanol–water partition coefficient (Wildman–Crippen LogP) is 0.956. The number of benzene rings is 1. The molecule has 1 heterocycles. The lowest BCUT2D eigenvalue weighted by molar-refractivity contribution is 0.626. The predicted molar refractivity (Wildman–Crippen MR) is 59.6 cm³/mol. The molecule has 4 nitrogen and oxygen atoms in total. The monoisotopic (exact) mass is 221 g/mol. The second kappa shape index (κ2) is 3.84. The molecule has 0 bridgehead atoms. The molecular weight excluding hydrogens is 209 g/mol. The van der Waals surface area contributed by atoms with Gasteiger partial charge in [0.15, 0.2) is 0 Å². The van der Waals surface area contributed by atoms with E-state index in [1.165, 1.54) is 21.3 Å². The van der Waals surface area contributed by atoms with Gasteiger partial charge in [0.1, 0.15) is 5.82 Å². The topological polar surface area (TPSA) is 52.9 Å². The minimum atomic E-state index is -0.457. The minimum absolute atomic E-state index is 0.115. The van der Waals surface area contributed by atoms with Gasteiger partial charge in [-0.05, 0) is 17.7 Å². The van der Waals surface area contributed by atoms with Crippen LogP contribution < -0.4 is 11.4 Å². The number of hydrogen-bond acceptors (Lipinski definition) is 2. The molecule has 2 aromatic rings. The average Bonchev–Trinajstić information content (AvgIpc) is 2.55. The number of aryl methyl sites for hydroxylation is 1. The van der Waals surface area contributed by atoms with Gasteiger partial charge in [0, 0.05) is 19.4 Å². The summed E-state index contributed by atoms with van der Waals surface area (Å²) in [5.74, 6) is -0.457. The van der Waals surface area contributed by atoms with Gasteiger partial charge in [-0.15, -0.1) is 0 Å². The summed E-state index contributed by atoms with van der Waals surface area (Å²) in [6.45, 7) is 0.344. The van der Waals surface area contributed by atoms with Gasteiger partial charge < -0.3 is 10.3 Å². The van der Waals surface area contributed by atoms with E-state index in [1.807, 2.05) is 0 Å². The van der Waals surface area contributed by atoms with Gasteiger partial charge in [-0.1, -0.05) is 6.07 Å². The van der Waals surface area contributed by atoms with Gasteiger partial charge in [0.2, 0.25) is 0 Å². The van der Waals surface area contributed by atoms with Crippen molar-refractivity contribution in [3.05, 3.63) is 52.5 Å². The molecule has 0 radical (unpaired) electrons. The molecule has 0 saturated carbocycles. The van der Waals surface area contributed by atoms with Crippen LogP contribution in [0.2, 0.25) is 0 Å². The van der Waals surface area contributed by atoms with E-state index in [-0.39, 0.29) is 11.4 Å². The van der Waals surface area contributed by atoms with Crippen molar-refractivity contribution >= 4 is 5.69 Å². The molecule has 0 saturated heterocycles. The highest BCUT2D eigenvalue weighted by molar-refractivity contribution is 5.41. The molecule has 0 aliphatic heterocycles. The summed E-state index contributed by atoms with van der Waals surface area (Å²) in [7, 11) is 1.67. The first-order valence-corrected chi connectivity index (χ1v) is 4.83. The number of halogens is 1. The summed E-state index contributed by atoms with van der Waals surface area (Å²) >= 11 is 0. The SMILES string of the molecule is Cn1ccn(Cc2ccc(N)c(F)c2)c1=O. The molecule has 0 spiro atoms. The molecule has 0 unspecified atom stereocenters. The van der Waals surface area contributed by atoms with E-state index in [1.54, 1.807) is 25.5 Å². The van der Waals surface area contributed by atoms with Crippen LogP contribution in [0.5, 0.6) is 0 Å². The van der Waals surface area contributed by atoms with E-state index in [9.17, 15) is 9.18 Å². The Kier molecular flexibility index (Phi) is 2.52. The van der Waals surface area contributed by atoms with Gasteiger partial charge in [-0.2, -0.15) is 0 Å². The van der Waals surface area contributed by atoms with Crippen molar-refractivity contribution < 1.29 is 4.39 Å². The first-order chi connectivity index (χ1) is 7.58. The molecule has 2 N–H and O–H groups in total. The highest BCUT2D eigenvalue weighted by Crippen LogP contribution is 2.12. The van der Waals surface area contributed by atoms with Crippen molar-refractivity contribution in [2.24, 2.45) is 7.05 Å². The van der Waals surface area contributed by atoms with E-state index < -0.39 is 5.82 Å². The summed E-state index contributed by atoms with van der Waals surface area (Å²) < 4.78 is 16.1. The summed E-state index contributed by atoms with van der Waals surface area (Å²) in [5, 5.41) is 0. The Morgan fingerprint density at radius 1 is 1.38 bits per heavy atom. The lowest BCUT2D eigenvalue weighted by Crippen LogP contribution is -2.22. The lowest BCUT2D eigenvalue weighted by Gasteiger charge is -2.03. The summed E-state index contributed by atoms with van der Waals surface area (Å²) in [4.78, 5) is 11.5. The third-order valence-corrected chi connectivity index (χ3v) is 2.44. The number of imidazole rings is 1. The van der Waals surface area contributed by atoms with E-state index in [0.29, 0.717) is 12.1 Å². The number of aromatic nitrogens is 2. The van der Waals surface area contributed by atoms with Crippen LogP contribution in [0.3, 0.4) is 0 Å². The van der Waals surface area contributed by atoms with Crippen LogP contribution >= 0.6 is 0 Å². The van der Waals surface area contributed by atoms with Crippen LogP contribution in [0.4, 0.5) is 10.1 Å². The zero-order chi connectivity index (χ0) is 11.7. The van der Waals surface area contributed by atoms with E-state index in [2.05, 4.69) is 0 Å². The van der Waals surface area contributed by atoms with Crippen molar-refractivity contribution in [1.29, 1.82) is 0 Å². The molecule has 84 valence electrons. The Bertz CT molecular complexity index is 571. The van der Waals surface area contributed by atoms with Crippen LogP contribution in [0.1, 0.15) is 5.56 Å². The highest BCUT2D eigenvalue weighted by atomic mass is 19.1. The smallest absolute Gasteiger partial charge is 0.328 e. The fourth-order valence-electron chi connectivity index (χ4n) is 1.50. The highest BCUT2D eigenvalue weighted by Gasteiger charge is 2.03. The zero-order valence-corrected chi connectivity index (χ0v) is 8.85. The van der Waals surface area contributed by atoms with Crippen molar-refractivity contribution in [1.82, 2.24) is 9.13 Å². The molecule has 0 amide bonds. The standard InChI is InChI=1S/C11H12FN3O/c1-14-4-5-15(11(14)16)7-8-2-3-10(13)9(12)6-8/h2-6H,7,13H2,1H3.